The molecule has 0 saturated carbocycles. The van der Waals surface area contributed by atoms with E-state index < -0.39 is 12.7 Å². The molecule has 4 nitrogen and oxygen atoms in total. The van der Waals surface area contributed by atoms with Gasteiger partial charge in [-0.2, -0.15) is 13.2 Å². The number of nitrogen functional groups attached to an aromatic ring is 1. The number of halogens is 3. The number of nitrogens with one attached hydrogen (secondary N) is 2. The Morgan fingerprint density at radius 3 is 2.45 bits per heavy atom. The SMILES string of the molecule is Nc1ccccc1Nc1ccc(NCC(F)(F)F)nc1. The lowest BCUT2D eigenvalue weighted by molar-refractivity contribution is -0.115. The molecular formula is C13H13F3N4. The summed E-state index contributed by atoms with van der Waals surface area (Å²) in [4.78, 5) is 3.89. The molecule has 0 bridgehead atoms. The highest BCUT2D eigenvalue weighted by Gasteiger charge is 2.26. The summed E-state index contributed by atoms with van der Waals surface area (Å²) in [5.41, 5.74) is 7.70. The first-order chi connectivity index (χ1) is 9.44. The molecule has 7 heteroatoms. The zero-order valence-electron chi connectivity index (χ0n) is 10.4. The minimum atomic E-state index is -4.27. The first-order valence-electron chi connectivity index (χ1n) is 5.82. The van der Waals surface area contributed by atoms with E-state index in [-0.39, 0.29) is 5.82 Å². The fourth-order valence-corrected chi connectivity index (χ4v) is 1.53. The molecule has 0 aliphatic heterocycles. The molecule has 0 amide bonds. The van der Waals surface area contributed by atoms with Crippen LogP contribution in [0.4, 0.5) is 36.1 Å². The van der Waals surface area contributed by atoms with E-state index in [0.29, 0.717) is 17.1 Å². The van der Waals surface area contributed by atoms with E-state index in [9.17, 15) is 13.2 Å². The average molecular weight is 282 g/mol. The summed E-state index contributed by atoms with van der Waals surface area (Å²) in [6, 6.07) is 10.3. The van der Waals surface area contributed by atoms with Crippen LogP contribution in [0, 0.1) is 0 Å². The Kier molecular flexibility index (Phi) is 3.97. The number of rotatable bonds is 4. The van der Waals surface area contributed by atoms with Crippen molar-refractivity contribution in [1.29, 1.82) is 0 Å². The monoisotopic (exact) mass is 282 g/mol. The van der Waals surface area contributed by atoms with Crippen LogP contribution in [0.25, 0.3) is 0 Å². The maximum Gasteiger partial charge on any atom is 0.405 e. The highest BCUT2D eigenvalue weighted by molar-refractivity contribution is 5.72. The molecule has 0 aliphatic rings. The van der Waals surface area contributed by atoms with Gasteiger partial charge in [0.2, 0.25) is 0 Å². The van der Waals surface area contributed by atoms with E-state index >= 15 is 0 Å². The normalized spacial score (nSPS) is 11.2. The van der Waals surface area contributed by atoms with Gasteiger partial charge >= 0.3 is 6.18 Å². The zero-order valence-corrected chi connectivity index (χ0v) is 10.4. The fraction of sp³-hybridized carbons (Fsp3) is 0.154. The van der Waals surface area contributed by atoms with Gasteiger partial charge in [0.1, 0.15) is 12.4 Å². The standard InChI is InChI=1S/C13H13F3N4/c14-13(15,16)8-19-12-6-5-9(7-18-12)20-11-4-2-1-3-10(11)17/h1-7,20H,8,17H2,(H,18,19). The van der Waals surface area contributed by atoms with Gasteiger partial charge in [0.15, 0.2) is 0 Å². The fourth-order valence-electron chi connectivity index (χ4n) is 1.53. The van der Waals surface area contributed by atoms with Crippen LogP contribution >= 0.6 is 0 Å². The molecule has 0 spiro atoms. The molecule has 1 aromatic carbocycles. The molecule has 0 atom stereocenters. The molecular weight excluding hydrogens is 269 g/mol. The topological polar surface area (TPSA) is 63.0 Å². The number of hydrogen-bond acceptors (Lipinski definition) is 4. The molecule has 1 heterocycles. The van der Waals surface area contributed by atoms with Crippen molar-refractivity contribution in [1.82, 2.24) is 4.98 Å². The second-order valence-corrected chi connectivity index (χ2v) is 4.11. The number of para-hydroxylation sites is 2. The zero-order chi connectivity index (χ0) is 14.6. The number of hydrogen-bond donors (Lipinski definition) is 3. The first-order valence-corrected chi connectivity index (χ1v) is 5.82. The smallest absolute Gasteiger partial charge is 0.397 e. The molecule has 20 heavy (non-hydrogen) atoms. The van der Waals surface area contributed by atoms with Gasteiger partial charge in [-0.1, -0.05) is 12.1 Å². The minimum absolute atomic E-state index is 0.161. The average Bonchev–Trinajstić information content (AvgIpc) is 2.40. The maximum absolute atomic E-state index is 12.0. The van der Waals surface area contributed by atoms with Crippen molar-refractivity contribution in [2.75, 3.05) is 22.9 Å². The van der Waals surface area contributed by atoms with Crippen molar-refractivity contribution in [3.63, 3.8) is 0 Å². The van der Waals surface area contributed by atoms with E-state index in [2.05, 4.69) is 15.6 Å². The predicted molar refractivity (Wildman–Crippen MR) is 72.9 cm³/mol. The van der Waals surface area contributed by atoms with Crippen LogP contribution in [-0.2, 0) is 0 Å². The minimum Gasteiger partial charge on any atom is -0.397 e. The van der Waals surface area contributed by atoms with Gasteiger partial charge in [0, 0.05) is 0 Å². The second kappa shape index (κ2) is 5.68. The van der Waals surface area contributed by atoms with Crippen LogP contribution < -0.4 is 16.4 Å². The third-order valence-electron chi connectivity index (χ3n) is 2.47. The lowest BCUT2D eigenvalue weighted by Gasteiger charge is -2.11. The Bertz CT molecular complexity index is 567. The highest BCUT2D eigenvalue weighted by atomic mass is 19.4. The maximum atomic E-state index is 12.0. The number of nitrogens with two attached hydrogens (primary N) is 1. The summed E-state index contributed by atoms with van der Waals surface area (Å²) in [5.74, 6) is 0.161. The predicted octanol–water partition coefficient (Wildman–Crippen LogP) is 3.38. The van der Waals surface area contributed by atoms with Crippen molar-refractivity contribution in [3.8, 4) is 0 Å². The van der Waals surface area contributed by atoms with Crippen molar-refractivity contribution >= 4 is 22.9 Å². The molecule has 2 rings (SSSR count). The lowest BCUT2D eigenvalue weighted by Crippen LogP contribution is -2.21. The molecule has 0 saturated heterocycles. The molecule has 4 N–H and O–H groups in total. The Balaban J connectivity index is 2.00. The van der Waals surface area contributed by atoms with Gasteiger partial charge in [0.25, 0.3) is 0 Å². The van der Waals surface area contributed by atoms with Gasteiger partial charge in [-0.05, 0) is 24.3 Å². The Hall–Kier alpha value is -2.44. The van der Waals surface area contributed by atoms with E-state index in [4.69, 9.17) is 5.73 Å². The van der Waals surface area contributed by atoms with Crippen LogP contribution in [0.5, 0.6) is 0 Å². The summed E-state index contributed by atoms with van der Waals surface area (Å²) >= 11 is 0. The first kappa shape index (κ1) is 14.0. The van der Waals surface area contributed by atoms with Gasteiger partial charge < -0.3 is 16.4 Å². The van der Waals surface area contributed by atoms with Crippen LogP contribution in [0.15, 0.2) is 42.6 Å². The van der Waals surface area contributed by atoms with Crippen LogP contribution in [0.1, 0.15) is 0 Å². The lowest BCUT2D eigenvalue weighted by atomic mass is 10.2. The summed E-state index contributed by atoms with van der Waals surface area (Å²) in [6.07, 6.45) is -2.83. The molecule has 1 aromatic heterocycles. The molecule has 0 unspecified atom stereocenters. The van der Waals surface area contributed by atoms with Crippen LogP contribution in [0.2, 0.25) is 0 Å². The Labute approximate surface area is 113 Å². The number of alkyl halides is 3. The summed E-state index contributed by atoms with van der Waals surface area (Å²) in [6.45, 7) is -1.11. The second-order valence-electron chi connectivity index (χ2n) is 4.11. The van der Waals surface area contributed by atoms with E-state index in [1.54, 1.807) is 18.2 Å². The largest absolute Gasteiger partial charge is 0.405 e. The third kappa shape index (κ3) is 4.04. The molecule has 106 valence electrons. The Morgan fingerprint density at radius 1 is 1.10 bits per heavy atom. The van der Waals surface area contributed by atoms with Crippen LogP contribution in [0.3, 0.4) is 0 Å². The van der Waals surface area contributed by atoms with Crippen molar-refractivity contribution < 1.29 is 13.2 Å². The number of pyridine rings is 1. The number of anilines is 4. The third-order valence-corrected chi connectivity index (χ3v) is 2.47. The van der Waals surface area contributed by atoms with Crippen molar-refractivity contribution in [2.45, 2.75) is 6.18 Å². The van der Waals surface area contributed by atoms with Crippen LogP contribution in [-0.4, -0.2) is 17.7 Å². The molecule has 2 aromatic rings. The van der Waals surface area contributed by atoms with Gasteiger partial charge in [-0.3, -0.25) is 0 Å². The summed E-state index contributed by atoms with van der Waals surface area (Å²) in [7, 11) is 0. The number of nitrogens with zero attached hydrogens (tertiary/aromatic N) is 1. The quantitative estimate of drug-likeness (QED) is 0.752. The van der Waals surface area contributed by atoms with E-state index in [1.165, 1.54) is 12.3 Å². The van der Waals surface area contributed by atoms with Gasteiger partial charge in [-0.15, -0.1) is 0 Å². The number of benzene rings is 1. The van der Waals surface area contributed by atoms with Gasteiger partial charge in [0.05, 0.1) is 23.3 Å². The van der Waals surface area contributed by atoms with Crippen molar-refractivity contribution in [3.05, 3.63) is 42.6 Å². The molecule has 0 radical (unpaired) electrons. The summed E-state index contributed by atoms with van der Waals surface area (Å²) < 4.78 is 36.1. The Morgan fingerprint density at radius 2 is 1.85 bits per heavy atom. The van der Waals surface area contributed by atoms with Crippen molar-refractivity contribution in [2.24, 2.45) is 0 Å². The summed E-state index contributed by atoms with van der Waals surface area (Å²) in [5, 5.41) is 5.23. The van der Waals surface area contributed by atoms with E-state index in [0.717, 1.165) is 0 Å². The van der Waals surface area contributed by atoms with E-state index in [1.807, 2.05) is 12.1 Å². The highest BCUT2D eigenvalue weighted by Crippen LogP contribution is 2.22. The molecule has 0 aliphatic carbocycles. The van der Waals surface area contributed by atoms with Gasteiger partial charge in [-0.25, -0.2) is 4.98 Å². The molecule has 0 fully saturated rings. The number of aromatic nitrogens is 1.